The summed E-state index contributed by atoms with van der Waals surface area (Å²) in [6.45, 7) is 3.65. The van der Waals surface area contributed by atoms with Gasteiger partial charge in [0, 0.05) is 19.1 Å². The molecule has 1 aromatic carbocycles. The Morgan fingerprint density at radius 1 is 1.23 bits per heavy atom. The lowest BCUT2D eigenvalue weighted by Gasteiger charge is -2.31. The average molecular weight is 305 g/mol. The van der Waals surface area contributed by atoms with Crippen LogP contribution in [-0.4, -0.2) is 43.2 Å². The summed E-state index contributed by atoms with van der Waals surface area (Å²) in [5, 5.41) is 3.54. The van der Waals surface area contributed by atoms with Gasteiger partial charge in [-0.1, -0.05) is 30.3 Å². The zero-order chi connectivity index (χ0) is 15.6. The third-order valence-electron chi connectivity index (χ3n) is 4.02. The van der Waals surface area contributed by atoms with Crippen LogP contribution in [0.3, 0.4) is 0 Å². The van der Waals surface area contributed by atoms with Crippen LogP contribution in [0.25, 0.3) is 0 Å². The molecule has 1 amide bonds. The summed E-state index contributed by atoms with van der Waals surface area (Å²) in [5.74, 6) is 0. The van der Waals surface area contributed by atoms with Crippen LogP contribution in [0.5, 0.6) is 0 Å². The van der Waals surface area contributed by atoms with Crippen LogP contribution in [0.1, 0.15) is 31.2 Å². The normalized spacial score (nSPS) is 15.8. The maximum Gasteiger partial charge on any atom is 0.410 e. The molecular formula is C17H27N3O2. The predicted octanol–water partition coefficient (Wildman–Crippen LogP) is 2.12. The number of ether oxygens (including phenoxy) is 1. The fourth-order valence-corrected chi connectivity index (χ4v) is 2.65. The summed E-state index contributed by atoms with van der Waals surface area (Å²) in [7, 11) is 0. The summed E-state index contributed by atoms with van der Waals surface area (Å²) >= 11 is 0. The van der Waals surface area contributed by atoms with Gasteiger partial charge in [-0.15, -0.1) is 0 Å². The monoisotopic (exact) mass is 305 g/mol. The largest absolute Gasteiger partial charge is 0.445 e. The van der Waals surface area contributed by atoms with Gasteiger partial charge in [-0.2, -0.15) is 0 Å². The minimum Gasteiger partial charge on any atom is -0.445 e. The molecule has 5 heteroatoms. The Kier molecular flexibility index (Phi) is 7.19. The van der Waals surface area contributed by atoms with E-state index in [1.807, 2.05) is 30.3 Å². The van der Waals surface area contributed by atoms with Crippen molar-refractivity contribution in [2.75, 3.05) is 26.2 Å². The molecule has 1 heterocycles. The smallest absolute Gasteiger partial charge is 0.410 e. The third kappa shape index (κ3) is 5.66. The summed E-state index contributed by atoms with van der Waals surface area (Å²) in [6, 6.07) is 10.3. The number of hydrogen-bond donors (Lipinski definition) is 2. The van der Waals surface area contributed by atoms with E-state index in [4.69, 9.17) is 10.5 Å². The first kappa shape index (κ1) is 16.8. The number of nitrogens with two attached hydrogens (primary N) is 1. The molecule has 1 aliphatic heterocycles. The molecular weight excluding hydrogens is 278 g/mol. The van der Waals surface area contributed by atoms with E-state index in [9.17, 15) is 4.79 Å². The van der Waals surface area contributed by atoms with Crippen molar-refractivity contribution in [3.63, 3.8) is 0 Å². The van der Waals surface area contributed by atoms with Gasteiger partial charge < -0.3 is 20.7 Å². The van der Waals surface area contributed by atoms with Gasteiger partial charge >= 0.3 is 6.09 Å². The van der Waals surface area contributed by atoms with Crippen LogP contribution >= 0.6 is 0 Å². The van der Waals surface area contributed by atoms with Crippen LogP contribution in [0.4, 0.5) is 4.79 Å². The van der Waals surface area contributed by atoms with Crippen molar-refractivity contribution in [3.05, 3.63) is 35.9 Å². The minimum absolute atomic E-state index is 0.203. The number of hydrogen-bond acceptors (Lipinski definition) is 4. The van der Waals surface area contributed by atoms with Gasteiger partial charge in [-0.25, -0.2) is 4.79 Å². The number of piperidine rings is 1. The summed E-state index contributed by atoms with van der Waals surface area (Å²) < 4.78 is 5.37. The molecule has 3 N–H and O–H groups in total. The SMILES string of the molecule is NCCCCNC1CCN(C(=O)OCc2ccccc2)CC1. The van der Waals surface area contributed by atoms with E-state index in [0.717, 1.165) is 57.4 Å². The first-order valence-corrected chi connectivity index (χ1v) is 8.18. The molecule has 1 saturated heterocycles. The fourth-order valence-electron chi connectivity index (χ4n) is 2.65. The van der Waals surface area contributed by atoms with Crippen molar-refractivity contribution >= 4 is 6.09 Å². The topological polar surface area (TPSA) is 67.6 Å². The summed E-state index contributed by atoms with van der Waals surface area (Å²) in [4.78, 5) is 13.9. The molecule has 0 unspecified atom stereocenters. The zero-order valence-corrected chi connectivity index (χ0v) is 13.2. The predicted molar refractivity (Wildman–Crippen MR) is 87.5 cm³/mol. The van der Waals surface area contributed by atoms with Gasteiger partial charge in [-0.05, 0) is 44.3 Å². The molecule has 0 aromatic heterocycles. The highest BCUT2D eigenvalue weighted by molar-refractivity contribution is 5.67. The number of amides is 1. The van der Waals surface area contributed by atoms with E-state index in [1.165, 1.54) is 0 Å². The lowest BCUT2D eigenvalue weighted by atomic mass is 10.1. The molecule has 0 radical (unpaired) electrons. The Morgan fingerprint density at radius 2 is 1.95 bits per heavy atom. The van der Waals surface area contributed by atoms with Gasteiger partial charge in [0.25, 0.3) is 0 Å². The maximum atomic E-state index is 12.0. The van der Waals surface area contributed by atoms with E-state index in [1.54, 1.807) is 4.90 Å². The van der Waals surface area contributed by atoms with Gasteiger partial charge in [0.05, 0.1) is 0 Å². The number of likely N-dealkylation sites (tertiary alicyclic amines) is 1. The van der Waals surface area contributed by atoms with Crippen molar-refractivity contribution in [3.8, 4) is 0 Å². The average Bonchev–Trinajstić information content (AvgIpc) is 2.58. The van der Waals surface area contributed by atoms with Crippen molar-refractivity contribution in [2.24, 2.45) is 5.73 Å². The van der Waals surface area contributed by atoms with E-state index < -0.39 is 0 Å². The minimum atomic E-state index is -0.203. The van der Waals surface area contributed by atoms with Gasteiger partial charge in [0.2, 0.25) is 0 Å². The number of unbranched alkanes of at least 4 members (excludes halogenated alkanes) is 1. The highest BCUT2D eigenvalue weighted by Gasteiger charge is 2.23. The molecule has 1 aliphatic rings. The van der Waals surface area contributed by atoms with Crippen molar-refractivity contribution in [1.29, 1.82) is 0 Å². The molecule has 122 valence electrons. The molecule has 0 saturated carbocycles. The van der Waals surface area contributed by atoms with Crippen LogP contribution in [0.15, 0.2) is 30.3 Å². The number of nitrogens with one attached hydrogen (secondary N) is 1. The van der Waals surface area contributed by atoms with Crippen molar-refractivity contribution < 1.29 is 9.53 Å². The highest BCUT2D eigenvalue weighted by atomic mass is 16.6. The van der Waals surface area contributed by atoms with E-state index in [0.29, 0.717) is 12.6 Å². The second kappa shape index (κ2) is 9.43. The Hall–Kier alpha value is -1.59. The van der Waals surface area contributed by atoms with Crippen LogP contribution in [0, 0.1) is 0 Å². The second-order valence-corrected chi connectivity index (χ2v) is 5.75. The van der Waals surface area contributed by atoms with Crippen LogP contribution in [0.2, 0.25) is 0 Å². The van der Waals surface area contributed by atoms with Gasteiger partial charge in [0.15, 0.2) is 0 Å². The number of benzene rings is 1. The molecule has 0 aliphatic carbocycles. The summed E-state index contributed by atoms with van der Waals surface area (Å²) in [5.41, 5.74) is 6.50. The molecule has 1 fully saturated rings. The first-order valence-electron chi connectivity index (χ1n) is 8.18. The third-order valence-corrected chi connectivity index (χ3v) is 4.02. The molecule has 0 atom stereocenters. The van der Waals surface area contributed by atoms with Crippen LogP contribution < -0.4 is 11.1 Å². The lowest BCUT2D eigenvalue weighted by Crippen LogP contribution is -2.45. The van der Waals surface area contributed by atoms with Crippen LogP contribution in [-0.2, 0) is 11.3 Å². The standard InChI is InChI=1S/C17H27N3O2/c18-10-4-5-11-19-16-8-12-20(13-9-16)17(21)22-14-15-6-2-1-3-7-15/h1-3,6-7,16,19H,4-5,8-14,18H2. The Bertz CT molecular complexity index is 431. The zero-order valence-electron chi connectivity index (χ0n) is 13.2. The number of carbonyl (C=O) groups excluding carboxylic acids is 1. The first-order chi connectivity index (χ1) is 10.8. The quantitative estimate of drug-likeness (QED) is 0.757. The maximum absolute atomic E-state index is 12.0. The number of nitrogens with zero attached hydrogens (tertiary/aromatic N) is 1. The van der Waals surface area contributed by atoms with Crippen molar-refractivity contribution in [1.82, 2.24) is 10.2 Å². The molecule has 1 aromatic rings. The molecule has 0 bridgehead atoms. The Labute approximate surface area is 132 Å². The summed E-state index contributed by atoms with van der Waals surface area (Å²) in [6.07, 6.45) is 3.96. The lowest BCUT2D eigenvalue weighted by molar-refractivity contribution is 0.0853. The Morgan fingerprint density at radius 3 is 2.64 bits per heavy atom. The number of rotatable bonds is 7. The molecule has 2 rings (SSSR count). The molecule has 22 heavy (non-hydrogen) atoms. The Balaban J connectivity index is 1.62. The molecule has 5 nitrogen and oxygen atoms in total. The van der Waals surface area contributed by atoms with E-state index >= 15 is 0 Å². The molecule has 0 spiro atoms. The van der Waals surface area contributed by atoms with Gasteiger partial charge in [0.1, 0.15) is 6.61 Å². The van der Waals surface area contributed by atoms with E-state index in [2.05, 4.69) is 5.32 Å². The second-order valence-electron chi connectivity index (χ2n) is 5.75. The van der Waals surface area contributed by atoms with Gasteiger partial charge in [-0.3, -0.25) is 0 Å². The highest BCUT2D eigenvalue weighted by Crippen LogP contribution is 2.12. The number of carbonyl (C=O) groups is 1. The van der Waals surface area contributed by atoms with E-state index in [-0.39, 0.29) is 6.09 Å². The fraction of sp³-hybridized carbons (Fsp3) is 0.588. The van der Waals surface area contributed by atoms with Crippen molar-refractivity contribution in [2.45, 2.75) is 38.3 Å².